The van der Waals surface area contributed by atoms with E-state index in [1.54, 1.807) is 0 Å². The molecule has 0 bridgehead atoms. The number of rotatable bonds is 61. The lowest BCUT2D eigenvalue weighted by Gasteiger charge is -2.18. The van der Waals surface area contributed by atoms with Gasteiger partial charge in [-0.2, -0.15) is 0 Å². The Morgan fingerprint density at radius 3 is 0.823 bits per heavy atom. The van der Waals surface area contributed by atoms with Gasteiger partial charge in [-0.05, 0) is 116 Å². The molecule has 0 aliphatic heterocycles. The Balaban J connectivity index is 4.14. The van der Waals surface area contributed by atoms with E-state index in [0.717, 1.165) is 109 Å². The Morgan fingerprint density at radius 2 is 0.506 bits per heavy atom. The predicted octanol–water partition coefficient (Wildman–Crippen LogP) is 23.2. The molecule has 6 nitrogen and oxygen atoms in total. The first-order chi connectivity index (χ1) is 39.0. The topological polar surface area (TPSA) is 78.9 Å². The fraction of sp³-hybridized carbons (Fsp3) is 0.740. The maximum absolute atomic E-state index is 12.9. The minimum atomic E-state index is -0.784. The van der Waals surface area contributed by atoms with E-state index in [0.29, 0.717) is 19.3 Å². The monoisotopic (exact) mass is 1100 g/mol. The first kappa shape index (κ1) is 75.3. The van der Waals surface area contributed by atoms with Crippen molar-refractivity contribution >= 4 is 17.9 Å². The molecule has 0 saturated heterocycles. The summed E-state index contributed by atoms with van der Waals surface area (Å²) in [4.78, 5) is 38.3. The van der Waals surface area contributed by atoms with Crippen molar-refractivity contribution in [2.75, 3.05) is 13.2 Å². The lowest BCUT2D eigenvalue weighted by Crippen LogP contribution is -2.30. The van der Waals surface area contributed by atoms with E-state index in [4.69, 9.17) is 14.2 Å². The van der Waals surface area contributed by atoms with Crippen molar-refractivity contribution in [2.24, 2.45) is 0 Å². The maximum Gasteiger partial charge on any atom is 0.306 e. The van der Waals surface area contributed by atoms with Crippen molar-refractivity contribution in [2.45, 2.75) is 335 Å². The summed E-state index contributed by atoms with van der Waals surface area (Å²) >= 11 is 0. The summed E-state index contributed by atoms with van der Waals surface area (Å²) in [6.07, 6.45) is 90.1. The van der Waals surface area contributed by atoms with Crippen LogP contribution in [0.25, 0.3) is 0 Å². The number of unbranched alkanes of at least 4 members (excludes halogenated alkanes) is 34. The van der Waals surface area contributed by atoms with Crippen LogP contribution < -0.4 is 0 Å². The number of carbonyl (C=O) groups excluding carboxylic acids is 3. The van der Waals surface area contributed by atoms with E-state index in [1.165, 1.54) is 180 Å². The van der Waals surface area contributed by atoms with Crippen molar-refractivity contribution in [3.63, 3.8) is 0 Å². The molecule has 0 radical (unpaired) electrons. The highest BCUT2D eigenvalue weighted by Gasteiger charge is 2.19. The Morgan fingerprint density at radius 1 is 0.266 bits per heavy atom. The van der Waals surface area contributed by atoms with Crippen LogP contribution in [0.2, 0.25) is 0 Å². The molecule has 0 N–H and O–H groups in total. The van der Waals surface area contributed by atoms with E-state index >= 15 is 0 Å². The summed E-state index contributed by atoms with van der Waals surface area (Å²) in [5.74, 6) is -0.886. The predicted molar refractivity (Wildman–Crippen MR) is 344 cm³/mol. The zero-order chi connectivity index (χ0) is 57.1. The summed E-state index contributed by atoms with van der Waals surface area (Å²) in [5, 5.41) is 0. The zero-order valence-electron chi connectivity index (χ0n) is 52.1. The highest BCUT2D eigenvalue weighted by atomic mass is 16.6. The number of ether oxygens (including phenoxy) is 3. The molecule has 0 aromatic carbocycles. The number of hydrogen-bond acceptors (Lipinski definition) is 6. The van der Waals surface area contributed by atoms with E-state index in [9.17, 15) is 14.4 Å². The fourth-order valence-electron chi connectivity index (χ4n) is 9.48. The van der Waals surface area contributed by atoms with E-state index < -0.39 is 6.10 Å². The molecule has 0 aromatic rings. The number of esters is 3. The van der Waals surface area contributed by atoms with Crippen LogP contribution in [-0.2, 0) is 28.6 Å². The van der Waals surface area contributed by atoms with Crippen LogP contribution in [0.4, 0.5) is 0 Å². The summed E-state index contributed by atoms with van der Waals surface area (Å²) < 4.78 is 16.9. The molecule has 0 amide bonds. The van der Waals surface area contributed by atoms with Crippen LogP contribution in [0.3, 0.4) is 0 Å². The van der Waals surface area contributed by atoms with Gasteiger partial charge in [-0.1, -0.05) is 291 Å². The average Bonchev–Trinajstić information content (AvgIpc) is 3.45. The number of carbonyl (C=O) groups is 3. The third-order valence-electron chi connectivity index (χ3n) is 14.5. The molecular formula is C73H126O6. The van der Waals surface area contributed by atoms with Crippen LogP contribution >= 0.6 is 0 Å². The molecule has 454 valence electrons. The molecular weight excluding hydrogens is 973 g/mol. The molecule has 0 fully saturated rings. The molecule has 0 aromatic heterocycles. The smallest absolute Gasteiger partial charge is 0.306 e. The highest BCUT2D eigenvalue weighted by Crippen LogP contribution is 2.17. The zero-order valence-corrected chi connectivity index (χ0v) is 52.1. The van der Waals surface area contributed by atoms with Crippen LogP contribution in [-0.4, -0.2) is 37.2 Å². The summed E-state index contributed by atoms with van der Waals surface area (Å²) in [7, 11) is 0. The van der Waals surface area contributed by atoms with Gasteiger partial charge >= 0.3 is 17.9 Å². The summed E-state index contributed by atoms with van der Waals surface area (Å²) in [6, 6.07) is 0. The van der Waals surface area contributed by atoms with Crippen molar-refractivity contribution in [1.82, 2.24) is 0 Å². The number of hydrogen-bond donors (Lipinski definition) is 0. The third kappa shape index (κ3) is 65.0. The van der Waals surface area contributed by atoms with E-state index in [1.807, 2.05) is 0 Å². The maximum atomic E-state index is 12.9. The van der Waals surface area contributed by atoms with Gasteiger partial charge in [-0.3, -0.25) is 14.4 Å². The second-order valence-electron chi connectivity index (χ2n) is 22.3. The minimum Gasteiger partial charge on any atom is -0.462 e. The lowest BCUT2D eigenvalue weighted by atomic mass is 10.0. The van der Waals surface area contributed by atoms with Crippen LogP contribution in [0.5, 0.6) is 0 Å². The van der Waals surface area contributed by atoms with Crippen LogP contribution in [0, 0.1) is 0 Å². The quantitative estimate of drug-likeness (QED) is 0.0261. The Bertz CT molecular complexity index is 1540. The molecule has 1 unspecified atom stereocenters. The normalized spacial score (nSPS) is 12.7. The Kier molecular flexibility index (Phi) is 63.7. The summed E-state index contributed by atoms with van der Waals surface area (Å²) in [6.45, 7) is 6.48. The van der Waals surface area contributed by atoms with Gasteiger partial charge in [0.25, 0.3) is 0 Å². The summed E-state index contributed by atoms with van der Waals surface area (Å²) in [5.41, 5.74) is 0. The van der Waals surface area contributed by atoms with Gasteiger partial charge < -0.3 is 14.2 Å². The minimum absolute atomic E-state index is 0.0802. The number of allylic oxidation sites excluding steroid dienone is 16. The lowest BCUT2D eigenvalue weighted by molar-refractivity contribution is -0.167. The second kappa shape index (κ2) is 66.8. The highest BCUT2D eigenvalue weighted by molar-refractivity contribution is 5.71. The van der Waals surface area contributed by atoms with Crippen LogP contribution in [0.15, 0.2) is 97.2 Å². The molecule has 0 heterocycles. The molecule has 0 aliphatic rings. The average molecular weight is 1100 g/mol. The van der Waals surface area contributed by atoms with Gasteiger partial charge in [0, 0.05) is 19.3 Å². The van der Waals surface area contributed by atoms with Crippen molar-refractivity contribution in [1.29, 1.82) is 0 Å². The third-order valence-corrected chi connectivity index (χ3v) is 14.5. The molecule has 79 heavy (non-hydrogen) atoms. The van der Waals surface area contributed by atoms with Crippen LogP contribution in [0.1, 0.15) is 329 Å². The first-order valence-corrected chi connectivity index (χ1v) is 33.7. The second-order valence-corrected chi connectivity index (χ2v) is 22.3. The standard InChI is InChI=1S/C73H126O6/c1-4-7-10-13-16-19-22-24-26-28-29-30-31-32-33-34-35-36-37-38-39-40-41-42-43-45-46-48-51-54-57-60-63-66-72(75)78-69-70(68-77-71(74)65-62-59-56-53-50-21-18-15-12-9-6-3)79-73(76)67-64-61-58-55-52-49-47-44-27-25-23-20-17-14-11-8-5-2/h7,10,15-20,24-27,29-30,32-33,70H,4-6,8-9,11-14,21-23,28,31,34-69H2,1-3H3/b10-7-,18-15-,19-16-,20-17-,26-24-,27-25-,30-29-,33-32-. The molecule has 1 atom stereocenters. The van der Waals surface area contributed by atoms with Crippen molar-refractivity contribution < 1.29 is 28.6 Å². The van der Waals surface area contributed by atoms with Gasteiger partial charge in [0.05, 0.1) is 0 Å². The molecule has 0 aliphatic carbocycles. The SMILES string of the molecule is CC/C=C\C/C=C\C/C=C\C/C=C\C/C=C\CCCCCCCCCCCCCCCCCCCC(=O)OCC(COC(=O)CCCCCCC/C=C\CCCC)OC(=O)CCCCCCCCC/C=C\C/C=C\CCCCC. The molecule has 0 spiro atoms. The molecule has 6 heteroatoms. The van der Waals surface area contributed by atoms with Gasteiger partial charge in [0.15, 0.2) is 6.10 Å². The molecule has 0 saturated carbocycles. The van der Waals surface area contributed by atoms with Crippen molar-refractivity contribution in [3.8, 4) is 0 Å². The van der Waals surface area contributed by atoms with Gasteiger partial charge in [-0.25, -0.2) is 0 Å². The van der Waals surface area contributed by atoms with Gasteiger partial charge in [0.1, 0.15) is 13.2 Å². The van der Waals surface area contributed by atoms with Crippen molar-refractivity contribution in [3.05, 3.63) is 97.2 Å². The largest absolute Gasteiger partial charge is 0.462 e. The fourth-order valence-corrected chi connectivity index (χ4v) is 9.48. The van der Waals surface area contributed by atoms with E-state index in [-0.39, 0.29) is 31.1 Å². The van der Waals surface area contributed by atoms with Gasteiger partial charge in [0.2, 0.25) is 0 Å². The first-order valence-electron chi connectivity index (χ1n) is 33.7. The Labute approximate surface area is 489 Å². The van der Waals surface area contributed by atoms with E-state index in [2.05, 4.69) is 118 Å². The van der Waals surface area contributed by atoms with Gasteiger partial charge in [-0.15, -0.1) is 0 Å². The Hall–Kier alpha value is -3.67. The molecule has 0 rings (SSSR count).